The van der Waals surface area contributed by atoms with Crippen molar-refractivity contribution in [2.45, 2.75) is 44.9 Å². The number of hydrogen-bond donors (Lipinski definition) is 1. The second kappa shape index (κ2) is 5.47. The molecule has 1 unspecified atom stereocenters. The number of rotatable bonds is 4. The van der Waals surface area contributed by atoms with Crippen molar-refractivity contribution < 1.29 is 9.47 Å². The fraction of sp³-hybridized carbons (Fsp3) is 0.571. The molecule has 1 atom stereocenters. The molecule has 0 radical (unpaired) electrons. The zero-order chi connectivity index (χ0) is 13.2. The lowest BCUT2D eigenvalue weighted by Gasteiger charge is -2.20. The third-order valence-corrected chi connectivity index (χ3v) is 3.46. The van der Waals surface area contributed by atoms with E-state index in [1.54, 1.807) is 0 Å². The molecular weight excluding hydrogens is 250 g/mol. The third kappa shape index (κ3) is 3.37. The molecule has 18 heavy (non-hydrogen) atoms. The van der Waals surface area contributed by atoms with Gasteiger partial charge in [0.05, 0.1) is 11.7 Å². The first-order valence-electron chi connectivity index (χ1n) is 6.29. The van der Waals surface area contributed by atoms with Crippen molar-refractivity contribution in [3.8, 4) is 5.75 Å². The fourth-order valence-electron chi connectivity index (χ4n) is 2.23. The lowest BCUT2D eigenvalue weighted by Crippen LogP contribution is -2.24. The Labute approximate surface area is 113 Å². The molecule has 0 aromatic heterocycles. The quantitative estimate of drug-likeness (QED) is 0.913. The Morgan fingerprint density at radius 1 is 1.50 bits per heavy atom. The molecule has 1 fully saturated rings. The highest BCUT2D eigenvalue weighted by molar-refractivity contribution is 6.30. The van der Waals surface area contributed by atoms with Crippen LogP contribution in [-0.4, -0.2) is 18.3 Å². The number of ether oxygens (including phenoxy) is 2. The highest BCUT2D eigenvalue weighted by Crippen LogP contribution is 2.30. The second-order valence-corrected chi connectivity index (χ2v) is 5.74. The number of benzene rings is 1. The van der Waals surface area contributed by atoms with Crippen LogP contribution in [0.4, 0.5) is 0 Å². The van der Waals surface area contributed by atoms with Crippen LogP contribution in [0, 0.1) is 0 Å². The smallest absolute Gasteiger partial charge is 0.124 e. The molecule has 1 aromatic rings. The van der Waals surface area contributed by atoms with Crippen molar-refractivity contribution in [3.63, 3.8) is 0 Å². The van der Waals surface area contributed by atoms with Gasteiger partial charge in [0.15, 0.2) is 0 Å². The van der Waals surface area contributed by atoms with Gasteiger partial charge in [0.2, 0.25) is 0 Å². The van der Waals surface area contributed by atoms with Crippen LogP contribution in [-0.2, 0) is 11.3 Å². The first-order chi connectivity index (χ1) is 8.50. The average molecular weight is 270 g/mol. The van der Waals surface area contributed by atoms with Gasteiger partial charge in [-0.05, 0) is 44.9 Å². The Bertz CT molecular complexity index is 420. The van der Waals surface area contributed by atoms with Gasteiger partial charge in [-0.2, -0.15) is 0 Å². The maximum atomic E-state index is 5.92. The second-order valence-electron chi connectivity index (χ2n) is 5.31. The van der Waals surface area contributed by atoms with E-state index in [-0.39, 0.29) is 11.7 Å². The summed E-state index contributed by atoms with van der Waals surface area (Å²) in [6.07, 6.45) is 2.28. The van der Waals surface area contributed by atoms with Crippen LogP contribution >= 0.6 is 11.6 Å². The number of halogens is 1. The minimum absolute atomic E-state index is 0.0231. The topological polar surface area (TPSA) is 44.5 Å². The van der Waals surface area contributed by atoms with Gasteiger partial charge >= 0.3 is 0 Å². The van der Waals surface area contributed by atoms with Crippen molar-refractivity contribution in [3.05, 3.63) is 28.8 Å². The highest BCUT2D eigenvalue weighted by atomic mass is 35.5. The molecule has 1 aromatic carbocycles. The van der Waals surface area contributed by atoms with E-state index >= 15 is 0 Å². The summed E-state index contributed by atoms with van der Waals surface area (Å²) in [4.78, 5) is 0. The van der Waals surface area contributed by atoms with Crippen molar-refractivity contribution in [2.75, 3.05) is 6.61 Å². The molecule has 100 valence electrons. The molecule has 1 heterocycles. The van der Waals surface area contributed by atoms with E-state index in [1.807, 2.05) is 18.2 Å². The Morgan fingerprint density at radius 3 is 2.89 bits per heavy atom. The highest BCUT2D eigenvalue weighted by Gasteiger charge is 2.31. The summed E-state index contributed by atoms with van der Waals surface area (Å²) in [7, 11) is 0. The standard InChI is InChI=1S/C14H20ClNO2/c1-14(2)6-5-12(18-14)9-17-13-4-3-11(15)7-10(13)8-16/h3-4,7,12H,5-6,8-9,16H2,1-2H3. The van der Waals surface area contributed by atoms with Gasteiger partial charge in [0.1, 0.15) is 12.4 Å². The van der Waals surface area contributed by atoms with Crippen LogP contribution < -0.4 is 10.5 Å². The molecule has 0 spiro atoms. The van der Waals surface area contributed by atoms with E-state index in [0.29, 0.717) is 18.2 Å². The van der Waals surface area contributed by atoms with E-state index in [0.717, 1.165) is 24.2 Å². The number of nitrogens with two attached hydrogens (primary N) is 1. The van der Waals surface area contributed by atoms with Gasteiger partial charge in [-0.15, -0.1) is 0 Å². The molecule has 3 nitrogen and oxygen atoms in total. The van der Waals surface area contributed by atoms with Crippen LogP contribution in [0.15, 0.2) is 18.2 Å². The molecular formula is C14H20ClNO2. The van der Waals surface area contributed by atoms with E-state index in [4.69, 9.17) is 26.8 Å². The van der Waals surface area contributed by atoms with Gasteiger partial charge in [0.25, 0.3) is 0 Å². The molecule has 0 aliphatic carbocycles. The van der Waals surface area contributed by atoms with Crippen molar-refractivity contribution in [2.24, 2.45) is 5.73 Å². The Kier molecular flexibility index (Phi) is 4.15. The van der Waals surface area contributed by atoms with Gasteiger partial charge in [-0.25, -0.2) is 0 Å². The predicted molar refractivity (Wildman–Crippen MR) is 73.0 cm³/mol. The van der Waals surface area contributed by atoms with Gasteiger partial charge < -0.3 is 15.2 Å². The van der Waals surface area contributed by atoms with E-state index < -0.39 is 0 Å². The Balaban J connectivity index is 1.94. The largest absolute Gasteiger partial charge is 0.491 e. The van der Waals surface area contributed by atoms with Crippen LogP contribution in [0.2, 0.25) is 5.02 Å². The van der Waals surface area contributed by atoms with E-state index in [2.05, 4.69) is 13.8 Å². The minimum atomic E-state index is -0.0231. The summed E-state index contributed by atoms with van der Waals surface area (Å²) in [6, 6.07) is 5.52. The third-order valence-electron chi connectivity index (χ3n) is 3.22. The zero-order valence-electron chi connectivity index (χ0n) is 10.9. The summed E-state index contributed by atoms with van der Waals surface area (Å²) in [5.41, 5.74) is 6.58. The van der Waals surface area contributed by atoms with Crippen LogP contribution in [0.1, 0.15) is 32.3 Å². The van der Waals surface area contributed by atoms with Crippen molar-refractivity contribution in [1.29, 1.82) is 0 Å². The van der Waals surface area contributed by atoms with Gasteiger partial charge in [0, 0.05) is 17.1 Å². The van der Waals surface area contributed by atoms with Gasteiger partial charge in [-0.3, -0.25) is 0 Å². The molecule has 0 saturated carbocycles. The minimum Gasteiger partial charge on any atom is -0.491 e. The Hall–Kier alpha value is -0.770. The molecule has 0 amide bonds. The number of hydrogen-bond acceptors (Lipinski definition) is 3. The summed E-state index contributed by atoms with van der Waals surface area (Å²) in [5, 5.41) is 0.682. The lowest BCUT2D eigenvalue weighted by atomic mass is 10.1. The van der Waals surface area contributed by atoms with Crippen LogP contribution in [0.5, 0.6) is 5.75 Å². The maximum absolute atomic E-state index is 5.92. The van der Waals surface area contributed by atoms with Crippen molar-refractivity contribution in [1.82, 2.24) is 0 Å². The monoisotopic (exact) mass is 269 g/mol. The zero-order valence-corrected chi connectivity index (χ0v) is 11.7. The lowest BCUT2D eigenvalue weighted by molar-refractivity contribution is -0.0327. The average Bonchev–Trinajstić information content (AvgIpc) is 2.67. The first-order valence-corrected chi connectivity index (χ1v) is 6.67. The molecule has 2 rings (SSSR count). The van der Waals surface area contributed by atoms with Crippen molar-refractivity contribution >= 4 is 11.6 Å². The molecule has 0 bridgehead atoms. The normalized spacial score (nSPS) is 22.1. The summed E-state index contributed by atoms with van der Waals surface area (Å²) in [6.45, 7) is 5.21. The molecule has 1 aliphatic heterocycles. The van der Waals surface area contributed by atoms with E-state index in [9.17, 15) is 0 Å². The molecule has 4 heteroatoms. The van der Waals surface area contributed by atoms with Crippen LogP contribution in [0.25, 0.3) is 0 Å². The molecule has 1 aliphatic rings. The van der Waals surface area contributed by atoms with E-state index in [1.165, 1.54) is 0 Å². The fourth-order valence-corrected chi connectivity index (χ4v) is 2.42. The summed E-state index contributed by atoms with van der Waals surface area (Å²) in [5.74, 6) is 0.801. The molecule has 2 N–H and O–H groups in total. The SMILES string of the molecule is CC1(C)CCC(COc2ccc(Cl)cc2CN)O1. The summed E-state index contributed by atoms with van der Waals surface area (Å²) >= 11 is 5.92. The Morgan fingerprint density at radius 2 is 2.28 bits per heavy atom. The summed E-state index contributed by atoms with van der Waals surface area (Å²) < 4.78 is 11.7. The molecule has 1 saturated heterocycles. The van der Waals surface area contributed by atoms with Gasteiger partial charge in [-0.1, -0.05) is 11.6 Å². The van der Waals surface area contributed by atoms with Crippen LogP contribution in [0.3, 0.4) is 0 Å². The maximum Gasteiger partial charge on any atom is 0.124 e. The predicted octanol–water partition coefficient (Wildman–Crippen LogP) is 3.14. The first kappa shape index (κ1) is 13.7.